The van der Waals surface area contributed by atoms with E-state index in [0.717, 1.165) is 52.4 Å². The summed E-state index contributed by atoms with van der Waals surface area (Å²) in [6.07, 6.45) is 5.39. The molecule has 4 nitrogen and oxygen atoms in total. The van der Waals surface area contributed by atoms with Gasteiger partial charge in [-0.3, -0.25) is 4.57 Å². The van der Waals surface area contributed by atoms with Crippen LogP contribution in [0.5, 0.6) is 0 Å². The molecule has 2 unspecified atom stereocenters. The van der Waals surface area contributed by atoms with Gasteiger partial charge < -0.3 is 14.7 Å². The number of halogens is 1. The molecular weight excluding hydrogens is 495 g/mol. The van der Waals surface area contributed by atoms with Crippen LogP contribution in [0.4, 0.5) is 11.4 Å². The number of nitrogens with one attached hydrogen (secondary N) is 1. The van der Waals surface area contributed by atoms with Crippen molar-refractivity contribution in [2.75, 3.05) is 24.3 Å². The number of anilines is 2. The molecule has 1 N–H and O–H groups in total. The molecule has 0 aliphatic heterocycles. The standard InChI is InChI=1S/C27H32BrN2O2P/c1-30(2)24-17-19-26(20-18-24)33(31,32-25-11-7-4-8-12-25)27(21-13-15-22(28)16-14-21)29-23-9-5-3-6-10-23/h3,5-6,9-10,13-20,25,27,29H,4,7-8,11-12H2,1-2H3. The van der Waals surface area contributed by atoms with E-state index >= 15 is 4.57 Å². The Balaban J connectivity index is 1.80. The smallest absolute Gasteiger partial charge is 0.258 e. The van der Waals surface area contributed by atoms with Gasteiger partial charge in [0, 0.05) is 35.2 Å². The van der Waals surface area contributed by atoms with Gasteiger partial charge in [-0.2, -0.15) is 0 Å². The summed E-state index contributed by atoms with van der Waals surface area (Å²) >= 11 is 3.53. The van der Waals surface area contributed by atoms with E-state index in [1.54, 1.807) is 0 Å². The lowest BCUT2D eigenvalue weighted by atomic mass is 9.98. The average molecular weight is 527 g/mol. The van der Waals surface area contributed by atoms with E-state index in [1.807, 2.05) is 97.9 Å². The van der Waals surface area contributed by atoms with E-state index in [4.69, 9.17) is 4.52 Å². The van der Waals surface area contributed by atoms with Gasteiger partial charge in [-0.1, -0.05) is 65.5 Å². The Kier molecular flexibility index (Phi) is 7.95. The van der Waals surface area contributed by atoms with Crippen molar-refractivity contribution < 1.29 is 9.09 Å². The van der Waals surface area contributed by atoms with Gasteiger partial charge in [-0.25, -0.2) is 0 Å². The average Bonchev–Trinajstić information content (AvgIpc) is 2.84. The van der Waals surface area contributed by atoms with Gasteiger partial charge in [0.25, 0.3) is 7.37 Å². The second kappa shape index (κ2) is 10.9. The van der Waals surface area contributed by atoms with Crippen molar-refractivity contribution in [3.8, 4) is 0 Å². The molecule has 3 aromatic rings. The zero-order valence-corrected chi connectivity index (χ0v) is 21.8. The van der Waals surface area contributed by atoms with E-state index < -0.39 is 13.2 Å². The molecule has 1 fully saturated rings. The molecule has 0 saturated heterocycles. The van der Waals surface area contributed by atoms with Crippen LogP contribution >= 0.6 is 23.3 Å². The molecule has 0 spiro atoms. The van der Waals surface area contributed by atoms with Crippen LogP contribution in [0.25, 0.3) is 0 Å². The molecule has 0 heterocycles. The maximum Gasteiger partial charge on any atom is 0.258 e. The zero-order chi connectivity index (χ0) is 23.3. The largest absolute Gasteiger partial charge is 0.378 e. The van der Waals surface area contributed by atoms with Crippen molar-refractivity contribution in [3.05, 3.63) is 88.9 Å². The summed E-state index contributed by atoms with van der Waals surface area (Å²) in [5.74, 6) is -0.500. The first-order valence-corrected chi connectivity index (χ1v) is 14.1. The van der Waals surface area contributed by atoms with Crippen molar-refractivity contribution in [3.63, 3.8) is 0 Å². The van der Waals surface area contributed by atoms with Gasteiger partial charge in [-0.15, -0.1) is 0 Å². The third-order valence-electron chi connectivity index (χ3n) is 6.19. The number of benzene rings is 3. The van der Waals surface area contributed by atoms with Crippen LogP contribution in [0, 0.1) is 0 Å². The number of hydrogen-bond donors (Lipinski definition) is 1. The van der Waals surface area contributed by atoms with Gasteiger partial charge >= 0.3 is 0 Å². The first-order chi connectivity index (χ1) is 16.0. The number of hydrogen-bond acceptors (Lipinski definition) is 4. The first-order valence-electron chi connectivity index (χ1n) is 11.6. The van der Waals surface area contributed by atoms with Crippen LogP contribution in [0.3, 0.4) is 0 Å². The van der Waals surface area contributed by atoms with Crippen molar-refractivity contribution >= 4 is 40.0 Å². The van der Waals surface area contributed by atoms with Crippen LogP contribution in [0.2, 0.25) is 0 Å². The number of para-hydroxylation sites is 1. The molecule has 4 rings (SSSR count). The van der Waals surface area contributed by atoms with E-state index in [9.17, 15) is 0 Å². The summed E-state index contributed by atoms with van der Waals surface area (Å²) in [5, 5.41) is 4.31. The minimum Gasteiger partial charge on any atom is -0.378 e. The third kappa shape index (κ3) is 5.90. The number of nitrogens with zero attached hydrogens (tertiary/aromatic N) is 1. The fourth-order valence-corrected chi connectivity index (χ4v) is 7.23. The maximum atomic E-state index is 15.0. The summed E-state index contributed by atoms with van der Waals surface area (Å²) in [5.41, 5.74) is 2.93. The SMILES string of the molecule is CN(C)c1ccc(P(=O)(OC2CCCCC2)C(Nc2ccccc2)c2ccc(Br)cc2)cc1. The highest BCUT2D eigenvalue weighted by Gasteiger charge is 2.40. The van der Waals surface area contributed by atoms with Crippen molar-refractivity contribution in [1.29, 1.82) is 0 Å². The second-order valence-corrected chi connectivity index (χ2v) is 12.2. The Morgan fingerprint density at radius 3 is 2.15 bits per heavy atom. The molecule has 3 aromatic carbocycles. The fraction of sp³-hybridized carbons (Fsp3) is 0.333. The summed E-state index contributed by atoms with van der Waals surface area (Å²) in [4.78, 5) is 2.05. The molecular formula is C27H32BrN2O2P. The second-order valence-electron chi connectivity index (χ2n) is 8.84. The fourth-order valence-electron chi connectivity index (χ4n) is 4.32. The van der Waals surface area contributed by atoms with Crippen LogP contribution < -0.4 is 15.5 Å². The lowest BCUT2D eigenvalue weighted by Gasteiger charge is -2.34. The molecule has 2 atom stereocenters. The maximum absolute atomic E-state index is 15.0. The highest BCUT2D eigenvalue weighted by atomic mass is 79.9. The minimum atomic E-state index is -3.35. The summed E-state index contributed by atoms with van der Waals surface area (Å²) in [6, 6.07) is 26.0. The molecule has 1 saturated carbocycles. The molecule has 0 radical (unpaired) electrons. The summed E-state index contributed by atoms with van der Waals surface area (Å²) < 4.78 is 22.7. The Labute approximate surface area is 205 Å². The molecule has 33 heavy (non-hydrogen) atoms. The topological polar surface area (TPSA) is 41.6 Å². The molecule has 0 aromatic heterocycles. The van der Waals surface area contributed by atoms with Crippen LogP contribution in [-0.2, 0) is 9.09 Å². The predicted octanol–water partition coefficient (Wildman–Crippen LogP) is 7.58. The minimum absolute atomic E-state index is 0.00799. The Morgan fingerprint density at radius 2 is 1.55 bits per heavy atom. The van der Waals surface area contributed by atoms with Gasteiger partial charge in [0.15, 0.2) is 0 Å². The lowest BCUT2D eigenvalue weighted by molar-refractivity contribution is 0.159. The molecule has 0 bridgehead atoms. The quantitative estimate of drug-likeness (QED) is 0.307. The summed E-state index contributed by atoms with van der Waals surface area (Å²) in [7, 11) is 0.669. The zero-order valence-electron chi connectivity index (χ0n) is 19.3. The molecule has 6 heteroatoms. The Bertz CT molecular complexity index is 1070. The third-order valence-corrected chi connectivity index (χ3v) is 9.45. The Hall–Kier alpha value is -2.07. The van der Waals surface area contributed by atoms with E-state index in [1.165, 1.54) is 6.42 Å². The normalized spacial score (nSPS) is 17.2. The first kappa shape index (κ1) is 24.1. The van der Waals surface area contributed by atoms with Crippen LogP contribution in [0.1, 0.15) is 43.5 Å². The molecule has 0 amide bonds. The molecule has 1 aliphatic rings. The molecule has 1 aliphatic carbocycles. The molecule has 174 valence electrons. The van der Waals surface area contributed by atoms with E-state index in [-0.39, 0.29) is 6.10 Å². The van der Waals surface area contributed by atoms with E-state index in [2.05, 4.69) is 21.2 Å². The van der Waals surface area contributed by atoms with Gasteiger partial charge in [0.1, 0.15) is 5.78 Å². The summed E-state index contributed by atoms with van der Waals surface area (Å²) in [6.45, 7) is 0. The van der Waals surface area contributed by atoms with Crippen molar-refractivity contribution in [2.45, 2.75) is 44.0 Å². The van der Waals surface area contributed by atoms with Crippen molar-refractivity contribution in [1.82, 2.24) is 0 Å². The monoisotopic (exact) mass is 526 g/mol. The van der Waals surface area contributed by atoms with Crippen LogP contribution in [-0.4, -0.2) is 20.2 Å². The lowest BCUT2D eigenvalue weighted by Crippen LogP contribution is -2.25. The van der Waals surface area contributed by atoms with E-state index in [0.29, 0.717) is 0 Å². The highest BCUT2D eigenvalue weighted by Crippen LogP contribution is 2.60. The Morgan fingerprint density at radius 1 is 0.909 bits per heavy atom. The number of rotatable bonds is 8. The van der Waals surface area contributed by atoms with Gasteiger partial charge in [0.05, 0.1) is 6.10 Å². The van der Waals surface area contributed by atoms with Crippen LogP contribution in [0.15, 0.2) is 83.3 Å². The highest BCUT2D eigenvalue weighted by molar-refractivity contribution is 9.10. The van der Waals surface area contributed by atoms with Crippen molar-refractivity contribution in [2.24, 2.45) is 0 Å². The van der Waals surface area contributed by atoms with Gasteiger partial charge in [-0.05, 0) is 66.9 Å². The predicted molar refractivity (Wildman–Crippen MR) is 143 cm³/mol. The van der Waals surface area contributed by atoms with Gasteiger partial charge in [0.2, 0.25) is 0 Å².